The average molecular weight is 496 g/mol. The van der Waals surface area contributed by atoms with Crippen LogP contribution >= 0.6 is 0 Å². The lowest BCUT2D eigenvalue weighted by Gasteiger charge is -2.28. The Kier molecular flexibility index (Phi) is 6.25. The van der Waals surface area contributed by atoms with Gasteiger partial charge in [0.25, 0.3) is 10.0 Å². The number of benzene rings is 1. The van der Waals surface area contributed by atoms with E-state index in [0.717, 1.165) is 36.4 Å². The number of hydrogen-bond acceptors (Lipinski definition) is 7. The molecule has 180 valence electrons. The van der Waals surface area contributed by atoms with E-state index in [0.29, 0.717) is 6.07 Å². The minimum Gasteiger partial charge on any atom is -0.491 e. The fourth-order valence-corrected chi connectivity index (χ4v) is 3.89. The van der Waals surface area contributed by atoms with Gasteiger partial charge in [-0.05, 0) is 18.2 Å². The standard InChI is InChI=1S/C18H17F5N4O5S/c1-32-15-11(3-2-10(19)14(15)20)27-8-17(29,18(21,22)23)7-12(27)16(28)26-9-4-5-25-13(6-9)33(24,30)31/h2-6,12,29H,7-8H2,1H3,(H2,24,30,31)(H,25,26,28). The van der Waals surface area contributed by atoms with E-state index >= 15 is 0 Å². The molecule has 0 spiro atoms. The van der Waals surface area contributed by atoms with Crippen molar-refractivity contribution in [1.29, 1.82) is 0 Å². The molecular weight excluding hydrogens is 479 g/mol. The number of carbonyl (C=O) groups is 1. The minimum absolute atomic E-state index is 0.168. The van der Waals surface area contributed by atoms with Gasteiger partial charge in [0.15, 0.2) is 22.2 Å². The first-order valence-electron chi connectivity index (χ1n) is 9.05. The maximum absolute atomic E-state index is 14.2. The lowest BCUT2D eigenvalue weighted by molar-refractivity contribution is -0.251. The van der Waals surface area contributed by atoms with Crippen LogP contribution in [0, 0.1) is 11.6 Å². The first-order valence-corrected chi connectivity index (χ1v) is 10.6. The molecule has 2 heterocycles. The summed E-state index contributed by atoms with van der Waals surface area (Å²) < 4.78 is 96.1. The van der Waals surface area contributed by atoms with Gasteiger partial charge in [-0.25, -0.2) is 22.9 Å². The Bertz CT molecular complexity index is 1190. The predicted molar refractivity (Wildman–Crippen MR) is 104 cm³/mol. The number of amides is 1. The Balaban J connectivity index is 2.02. The summed E-state index contributed by atoms with van der Waals surface area (Å²) >= 11 is 0. The number of ether oxygens (including phenoxy) is 1. The van der Waals surface area contributed by atoms with E-state index in [1.54, 1.807) is 0 Å². The Morgan fingerprint density at radius 3 is 2.58 bits per heavy atom. The lowest BCUT2D eigenvalue weighted by Crippen LogP contribution is -2.47. The molecule has 1 aromatic heterocycles. The van der Waals surface area contributed by atoms with Crippen LogP contribution in [0.25, 0.3) is 0 Å². The van der Waals surface area contributed by atoms with Gasteiger partial charge in [0.05, 0.1) is 19.3 Å². The van der Waals surface area contributed by atoms with E-state index in [1.807, 2.05) is 0 Å². The van der Waals surface area contributed by atoms with Gasteiger partial charge in [0.2, 0.25) is 11.7 Å². The highest BCUT2D eigenvalue weighted by Gasteiger charge is 2.61. The Morgan fingerprint density at radius 1 is 1.33 bits per heavy atom. The van der Waals surface area contributed by atoms with Gasteiger partial charge in [0.1, 0.15) is 6.04 Å². The summed E-state index contributed by atoms with van der Waals surface area (Å²) in [6.45, 7) is -1.19. The van der Waals surface area contributed by atoms with E-state index < -0.39 is 74.8 Å². The van der Waals surface area contributed by atoms with Crippen molar-refractivity contribution in [2.24, 2.45) is 5.14 Å². The van der Waals surface area contributed by atoms with Crippen molar-refractivity contribution in [3.8, 4) is 5.75 Å². The zero-order chi connectivity index (χ0) is 24.8. The van der Waals surface area contributed by atoms with E-state index in [9.17, 15) is 40.3 Å². The Morgan fingerprint density at radius 2 is 2.00 bits per heavy atom. The number of aliphatic hydroxyl groups is 1. The molecule has 1 amide bonds. The molecule has 15 heteroatoms. The molecule has 1 aliphatic rings. The molecule has 9 nitrogen and oxygen atoms in total. The number of nitrogens with two attached hydrogens (primary N) is 1. The first kappa shape index (κ1) is 24.6. The molecule has 0 radical (unpaired) electrons. The highest BCUT2D eigenvalue weighted by atomic mass is 32.2. The largest absolute Gasteiger partial charge is 0.491 e. The summed E-state index contributed by atoms with van der Waals surface area (Å²) in [7, 11) is -3.29. The van der Waals surface area contributed by atoms with Crippen LogP contribution in [0.2, 0.25) is 0 Å². The molecule has 0 bridgehead atoms. The van der Waals surface area contributed by atoms with Crippen LogP contribution in [0.15, 0.2) is 35.5 Å². The van der Waals surface area contributed by atoms with Crippen LogP contribution in [-0.2, 0) is 14.8 Å². The van der Waals surface area contributed by atoms with Crippen LogP contribution in [0.1, 0.15) is 6.42 Å². The number of hydrogen-bond donors (Lipinski definition) is 3. The second-order valence-corrected chi connectivity index (χ2v) is 8.72. The molecule has 0 aliphatic carbocycles. The highest BCUT2D eigenvalue weighted by molar-refractivity contribution is 7.89. The number of sulfonamides is 1. The smallest absolute Gasteiger partial charge is 0.419 e. The molecule has 0 saturated carbocycles. The number of aromatic nitrogens is 1. The third-order valence-corrected chi connectivity index (χ3v) is 5.81. The molecule has 1 fully saturated rings. The number of carbonyl (C=O) groups excluding carboxylic acids is 1. The molecule has 4 N–H and O–H groups in total. The van der Waals surface area contributed by atoms with Crippen molar-refractivity contribution in [3.63, 3.8) is 0 Å². The van der Waals surface area contributed by atoms with Crippen molar-refractivity contribution in [1.82, 2.24) is 4.98 Å². The van der Waals surface area contributed by atoms with Gasteiger partial charge in [-0.3, -0.25) is 4.79 Å². The minimum atomic E-state index is -5.16. The average Bonchev–Trinajstić information content (AvgIpc) is 3.08. The SMILES string of the molecule is COc1c(N2CC(O)(C(F)(F)F)CC2C(=O)Nc2ccnc(S(N)(=O)=O)c2)ccc(F)c1F. The van der Waals surface area contributed by atoms with Gasteiger partial charge in [-0.15, -0.1) is 0 Å². The molecule has 1 aromatic carbocycles. The molecule has 1 saturated heterocycles. The van der Waals surface area contributed by atoms with Crippen molar-refractivity contribution >= 4 is 27.3 Å². The van der Waals surface area contributed by atoms with Crippen LogP contribution in [-0.4, -0.2) is 55.9 Å². The maximum atomic E-state index is 14.2. The molecule has 2 atom stereocenters. The highest BCUT2D eigenvalue weighted by Crippen LogP contribution is 2.45. The van der Waals surface area contributed by atoms with Gasteiger partial charge in [0, 0.05) is 24.4 Å². The van der Waals surface area contributed by atoms with Crippen LogP contribution in [0.3, 0.4) is 0 Å². The molecule has 3 rings (SSSR count). The summed E-state index contributed by atoms with van der Waals surface area (Å²) in [5.41, 5.74) is -3.94. The topological polar surface area (TPSA) is 135 Å². The van der Waals surface area contributed by atoms with Gasteiger partial charge < -0.3 is 20.1 Å². The number of pyridine rings is 1. The molecule has 33 heavy (non-hydrogen) atoms. The lowest BCUT2D eigenvalue weighted by atomic mass is 9.99. The number of nitrogens with zero attached hydrogens (tertiary/aromatic N) is 2. The second-order valence-electron chi connectivity index (χ2n) is 7.21. The quantitative estimate of drug-likeness (QED) is 0.535. The summed E-state index contributed by atoms with van der Waals surface area (Å²) in [5.74, 6) is -4.70. The predicted octanol–water partition coefficient (Wildman–Crippen LogP) is 1.53. The first-order chi connectivity index (χ1) is 15.2. The van der Waals surface area contributed by atoms with Crippen molar-refractivity contribution in [2.45, 2.75) is 29.3 Å². The summed E-state index contributed by atoms with van der Waals surface area (Å²) in [4.78, 5) is 17.1. The fourth-order valence-electron chi connectivity index (χ4n) is 3.39. The number of halogens is 5. The van der Waals surface area contributed by atoms with Gasteiger partial charge in [-0.1, -0.05) is 0 Å². The van der Waals surface area contributed by atoms with E-state index in [1.165, 1.54) is 0 Å². The maximum Gasteiger partial charge on any atom is 0.419 e. The number of methoxy groups -OCH3 is 1. The van der Waals surface area contributed by atoms with Crippen LogP contribution in [0.4, 0.5) is 33.3 Å². The zero-order valence-corrected chi connectivity index (χ0v) is 17.5. The van der Waals surface area contributed by atoms with E-state index in [2.05, 4.69) is 10.3 Å². The van der Waals surface area contributed by atoms with E-state index in [-0.39, 0.29) is 5.69 Å². The normalized spacial score (nSPS) is 21.2. The summed E-state index contributed by atoms with van der Waals surface area (Å²) in [6, 6.07) is 1.83. The third-order valence-electron chi connectivity index (χ3n) is 5.01. The number of primary sulfonamides is 1. The Hall–Kier alpha value is -3.04. The number of alkyl halides is 3. The molecule has 1 aliphatic heterocycles. The number of β-amino-alcohol motifs (C(OH)–C–C–N with tert-alkyl or cyclic N) is 1. The molecule has 2 unspecified atom stereocenters. The number of anilines is 2. The number of nitrogens with one attached hydrogen (secondary N) is 1. The van der Waals surface area contributed by atoms with Crippen LogP contribution < -0.4 is 20.1 Å². The monoisotopic (exact) mass is 496 g/mol. The van der Waals surface area contributed by atoms with Gasteiger partial charge in [-0.2, -0.15) is 17.6 Å². The fraction of sp³-hybridized carbons (Fsp3) is 0.333. The summed E-state index contributed by atoms with van der Waals surface area (Å²) in [5, 5.41) is 16.8. The number of rotatable bonds is 5. The Labute approximate surface area is 184 Å². The molecular formula is C18H17F5N4O5S. The third kappa shape index (κ3) is 4.69. The van der Waals surface area contributed by atoms with Gasteiger partial charge >= 0.3 is 6.18 Å². The van der Waals surface area contributed by atoms with Crippen molar-refractivity contribution in [2.75, 3.05) is 23.9 Å². The second kappa shape index (κ2) is 8.39. The zero-order valence-electron chi connectivity index (χ0n) is 16.7. The molecule has 2 aromatic rings. The summed E-state index contributed by atoms with van der Waals surface area (Å²) in [6.07, 6.45) is -5.33. The van der Waals surface area contributed by atoms with Crippen molar-refractivity contribution in [3.05, 3.63) is 42.1 Å². The van der Waals surface area contributed by atoms with Crippen LogP contribution in [0.5, 0.6) is 5.75 Å². The van der Waals surface area contributed by atoms with Crippen molar-refractivity contribution < 1.29 is 45.0 Å². The van der Waals surface area contributed by atoms with E-state index in [4.69, 9.17) is 9.88 Å².